The number of benzene rings is 1. The van der Waals surface area contributed by atoms with Crippen LogP contribution in [0.3, 0.4) is 0 Å². The smallest absolute Gasteiger partial charge is 0.139 e. The van der Waals surface area contributed by atoms with Crippen LogP contribution in [0.5, 0.6) is 0 Å². The van der Waals surface area contributed by atoms with E-state index < -0.39 is 0 Å². The first-order valence-electron chi connectivity index (χ1n) is 5.81. The molecule has 0 aliphatic heterocycles. The Morgan fingerprint density at radius 2 is 2.05 bits per heavy atom. The Morgan fingerprint density at radius 1 is 1.32 bits per heavy atom. The molecule has 0 radical (unpaired) electrons. The van der Waals surface area contributed by atoms with E-state index in [1.807, 2.05) is 18.2 Å². The molecule has 0 bridgehead atoms. The van der Waals surface area contributed by atoms with E-state index in [2.05, 4.69) is 45.1 Å². The minimum absolute atomic E-state index is 0.236. The maximum atomic E-state index is 5.97. The highest BCUT2D eigenvalue weighted by atomic mass is 79.9. The van der Waals surface area contributed by atoms with Crippen LogP contribution in [-0.4, -0.2) is 9.97 Å². The maximum absolute atomic E-state index is 5.97. The van der Waals surface area contributed by atoms with E-state index >= 15 is 0 Å². The Morgan fingerprint density at radius 3 is 2.68 bits per heavy atom. The zero-order chi connectivity index (χ0) is 14.0. The Kier molecular flexibility index (Phi) is 4.27. The number of nitrogens with two attached hydrogens (primary N) is 1. The van der Waals surface area contributed by atoms with E-state index in [1.54, 1.807) is 0 Å². The fourth-order valence-corrected chi connectivity index (χ4v) is 2.28. The summed E-state index contributed by atoms with van der Waals surface area (Å²) in [5, 5.41) is 3.91. The lowest BCUT2D eigenvalue weighted by molar-refractivity contribution is 0.855. The van der Waals surface area contributed by atoms with Crippen molar-refractivity contribution in [2.24, 2.45) is 0 Å². The SMILES string of the molecule is CC(C)c1c(N)ncnc1Nc1ccc(Cl)c(Br)c1. The summed E-state index contributed by atoms with van der Waals surface area (Å²) in [5.74, 6) is 1.46. The van der Waals surface area contributed by atoms with Crippen LogP contribution in [0.4, 0.5) is 17.3 Å². The topological polar surface area (TPSA) is 63.8 Å². The molecule has 3 N–H and O–H groups in total. The molecule has 0 aliphatic rings. The third kappa shape index (κ3) is 3.16. The molecule has 2 rings (SSSR count). The van der Waals surface area contributed by atoms with Crippen molar-refractivity contribution in [1.29, 1.82) is 0 Å². The van der Waals surface area contributed by atoms with Crippen molar-refractivity contribution in [1.82, 2.24) is 9.97 Å². The van der Waals surface area contributed by atoms with Crippen LogP contribution >= 0.6 is 27.5 Å². The van der Waals surface area contributed by atoms with Gasteiger partial charge in [0, 0.05) is 15.7 Å². The van der Waals surface area contributed by atoms with Gasteiger partial charge in [0.25, 0.3) is 0 Å². The van der Waals surface area contributed by atoms with Gasteiger partial charge in [0.15, 0.2) is 0 Å². The third-order valence-electron chi connectivity index (χ3n) is 2.67. The Balaban J connectivity index is 2.38. The lowest BCUT2D eigenvalue weighted by atomic mass is 10.0. The minimum atomic E-state index is 0.236. The van der Waals surface area contributed by atoms with Crippen LogP contribution in [0, 0.1) is 0 Å². The minimum Gasteiger partial charge on any atom is -0.383 e. The van der Waals surface area contributed by atoms with Gasteiger partial charge in [0.05, 0.1) is 5.02 Å². The van der Waals surface area contributed by atoms with E-state index in [1.165, 1.54) is 6.33 Å². The molecule has 1 aromatic carbocycles. The van der Waals surface area contributed by atoms with Gasteiger partial charge in [-0.25, -0.2) is 9.97 Å². The summed E-state index contributed by atoms with van der Waals surface area (Å²) >= 11 is 9.36. The van der Waals surface area contributed by atoms with Gasteiger partial charge >= 0.3 is 0 Å². The fraction of sp³-hybridized carbons (Fsp3) is 0.231. The molecule has 1 aromatic heterocycles. The number of hydrogen-bond acceptors (Lipinski definition) is 4. The molecular weight excluding hydrogens is 328 g/mol. The second-order valence-corrected chi connectivity index (χ2v) is 5.69. The number of anilines is 3. The second kappa shape index (κ2) is 5.75. The van der Waals surface area contributed by atoms with Gasteiger partial charge in [-0.3, -0.25) is 0 Å². The molecule has 0 saturated carbocycles. The standard InChI is InChI=1S/C13H14BrClN4/c1-7(2)11-12(16)17-6-18-13(11)19-8-3-4-10(15)9(14)5-8/h3-7H,1-2H3,(H3,16,17,18,19). The molecule has 0 spiro atoms. The van der Waals surface area contributed by atoms with Crippen molar-refractivity contribution in [2.75, 3.05) is 11.1 Å². The molecule has 0 unspecified atom stereocenters. The highest BCUT2D eigenvalue weighted by molar-refractivity contribution is 9.10. The predicted molar refractivity (Wildman–Crippen MR) is 83.0 cm³/mol. The van der Waals surface area contributed by atoms with Gasteiger partial charge in [-0.2, -0.15) is 0 Å². The van der Waals surface area contributed by atoms with Crippen LogP contribution < -0.4 is 11.1 Å². The number of hydrogen-bond donors (Lipinski definition) is 2. The molecule has 0 saturated heterocycles. The normalized spacial score (nSPS) is 10.8. The van der Waals surface area contributed by atoms with Crippen LogP contribution in [0.2, 0.25) is 5.02 Å². The number of rotatable bonds is 3. The average molecular weight is 342 g/mol. The first kappa shape index (κ1) is 14.1. The summed E-state index contributed by atoms with van der Waals surface area (Å²) in [6.07, 6.45) is 1.45. The van der Waals surface area contributed by atoms with Gasteiger partial charge in [-0.1, -0.05) is 25.4 Å². The first-order valence-corrected chi connectivity index (χ1v) is 6.98. The fourth-order valence-electron chi connectivity index (χ4n) is 1.79. The highest BCUT2D eigenvalue weighted by Crippen LogP contribution is 2.31. The lowest BCUT2D eigenvalue weighted by Gasteiger charge is -2.15. The quantitative estimate of drug-likeness (QED) is 0.871. The van der Waals surface area contributed by atoms with Crippen LogP contribution in [-0.2, 0) is 0 Å². The summed E-state index contributed by atoms with van der Waals surface area (Å²) < 4.78 is 0.826. The summed E-state index contributed by atoms with van der Waals surface area (Å²) in [5.41, 5.74) is 7.70. The van der Waals surface area contributed by atoms with Gasteiger partial charge in [0.1, 0.15) is 18.0 Å². The van der Waals surface area contributed by atoms with E-state index in [0.29, 0.717) is 10.8 Å². The molecule has 0 fully saturated rings. The van der Waals surface area contributed by atoms with Crippen molar-refractivity contribution in [2.45, 2.75) is 19.8 Å². The summed E-state index contributed by atoms with van der Waals surface area (Å²) in [6, 6.07) is 5.59. The van der Waals surface area contributed by atoms with Gasteiger partial charge in [0.2, 0.25) is 0 Å². The molecule has 2 aromatic rings. The monoisotopic (exact) mass is 340 g/mol. The summed E-state index contributed by atoms with van der Waals surface area (Å²) in [6.45, 7) is 4.11. The Bertz CT molecular complexity index is 601. The maximum Gasteiger partial charge on any atom is 0.139 e. The molecule has 0 amide bonds. The number of aromatic nitrogens is 2. The summed E-state index contributed by atoms with van der Waals surface area (Å²) in [7, 11) is 0. The molecule has 0 atom stereocenters. The second-order valence-electron chi connectivity index (χ2n) is 4.43. The zero-order valence-corrected chi connectivity index (χ0v) is 13.0. The molecule has 4 nitrogen and oxygen atoms in total. The third-order valence-corrected chi connectivity index (χ3v) is 3.89. The molecule has 6 heteroatoms. The Hall–Kier alpha value is -1.33. The first-order chi connectivity index (χ1) is 8.99. The molecule has 0 aliphatic carbocycles. The number of nitrogen functional groups attached to an aromatic ring is 1. The number of halogens is 2. The van der Waals surface area contributed by atoms with Crippen molar-refractivity contribution >= 4 is 44.9 Å². The Labute approximate surface area is 125 Å². The highest BCUT2D eigenvalue weighted by Gasteiger charge is 2.13. The van der Waals surface area contributed by atoms with E-state index in [0.717, 1.165) is 21.5 Å². The molecule has 100 valence electrons. The van der Waals surface area contributed by atoms with Crippen molar-refractivity contribution in [3.05, 3.63) is 39.6 Å². The number of nitrogens with zero attached hydrogens (tertiary/aromatic N) is 2. The molecular formula is C13H14BrClN4. The lowest BCUT2D eigenvalue weighted by Crippen LogP contribution is -2.06. The summed E-state index contributed by atoms with van der Waals surface area (Å²) in [4.78, 5) is 8.29. The average Bonchev–Trinajstić information content (AvgIpc) is 2.33. The zero-order valence-electron chi connectivity index (χ0n) is 10.6. The number of nitrogens with one attached hydrogen (secondary N) is 1. The van der Waals surface area contributed by atoms with Crippen LogP contribution in [0.15, 0.2) is 29.0 Å². The van der Waals surface area contributed by atoms with Crippen molar-refractivity contribution in [3.8, 4) is 0 Å². The van der Waals surface area contributed by atoms with E-state index in [-0.39, 0.29) is 5.92 Å². The van der Waals surface area contributed by atoms with E-state index in [4.69, 9.17) is 17.3 Å². The van der Waals surface area contributed by atoms with E-state index in [9.17, 15) is 0 Å². The molecule has 1 heterocycles. The van der Waals surface area contributed by atoms with Crippen molar-refractivity contribution in [3.63, 3.8) is 0 Å². The van der Waals surface area contributed by atoms with Crippen molar-refractivity contribution < 1.29 is 0 Å². The largest absolute Gasteiger partial charge is 0.383 e. The predicted octanol–water partition coefficient (Wildman–Crippen LogP) is 4.34. The van der Waals surface area contributed by atoms with Gasteiger partial charge in [-0.05, 0) is 40.0 Å². The van der Waals surface area contributed by atoms with Crippen LogP contribution in [0.1, 0.15) is 25.3 Å². The molecule has 19 heavy (non-hydrogen) atoms. The van der Waals surface area contributed by atoms with Gasteiger partial charge in [-0.15, -0.1) is 0 Å². The van der Waals surface area contributed by atoms with Gasteiger partial charge < -0.3 is 11.1 Å². The van der Waals surface area contributed by atoms with Crippen LogP contribution in [0.25, 0.3) is 0 Å².